The van der Waals surface area contributed by atoms with Gasteiger partial charge in [-0.2, -0.15) is 0 Å². The molecule has 0 heterocycles. The maximum atomic E-state index is 12.3. The van der Waals surface area contributed by atoms with Crippen molar-refractivity contribution >= 4 is 18.3 Å². The van der Waals surface area contributed by atoms with Crippen molar-refractivity contribution in [2.24, 2.45) is 17.6 Å². The molecule has 1 rings (SSSR count). The Labute approximate surface area is 112 Å². The SMILES string of the molecule is CCN(CC(C)C)C(=O)C1CCCC(N)C1.Cl. The predicted molar refractivity (Wildman–Crippen MR) is 74.3 cm³/mol. The van der Waals surface area contributed by atoms with Crippen LogP contribution >= 0.6 is 12.4 Å². The summed E-state index contributed by atoms with van der Waals surface area (Å²) in [6.07, 6.45) is 4.10. The van der Waals surface area contributed by atoms with Crippen molar-refractivity contribution in [2.75, 3.05) is 13.1 Å². The third-order valence-electron chi connectivity index (χ3n) is 3.34. The van der Waals surface area contributed by atoms with Crippen LogP contribution in [-0.4, -0.2) is 29.9 Å². The van der Waals surface area contributed by atoms with Crippen LogP contribution in [0.4, 0.5) is 0 Å². The summed E-state index contributed by atoms with van der Waals surface area (Å²) >= 11 is 0. The zero-order chi connectivity index (χ0) is 12.1. The molecule has 0 radical (unpaired) electrons. The van der Waals surface area contributed by atoms with E-state index in [1.54, 1.807) is 0 Å². The van der Waals surface area contributed by atoms with Crippen molar-refractivity contribution in [1.82, 2.24) is 4.90 Å². The summed E-state index contributed by atoms with van der Waals surface area (Å²) in [5.74, 6) is 1.05. The van der Waals surface area contributed by atoms with E-state index in [1.165, 1.54) is 0 Å². The van der Waals surface area contributed by atoms with Gasteiger partial charge in [-0.05, 0) is 32.1 Å². The van der Waals surface area contributed by atoms with E-state index < -0.39 is 0 Å². The third kappa shape index (κ3) is 5.26. The molecule has 0 saturated heterocycles. The van der Waals surface area contributed by atoms with E-state index in [4.69, 9.17) is 5.73 Å². The minimum Gasteiger partial charge on any atom is -0.342 e. The van der Waals surface area contributed by atoms with Gasteiger partial charge in [0.1, 0.15) is 0 Å². The van der Waals surface area contributed by atoms with Gasteiger partial charge < -0.3 is 10.6 Å². The lowest BCUT2D eigenvalue weighted by molar-refractivity contribution is -0.137. The van der Waals surface area contributed by atoms with Crippen LogP contribution in [0.25, 0.3) is 0 Å². The van der Waals surface area contributed by atoms with Crippen LogP contribution in [0.15, 0.2) is 0 Å². The lowest BCUT2D eigenvalue weighted by atomic mass is 9.85. The highest BCUT2D eigenvalue weighted by atomic mass is 35.5. The molecular weight excluding hydrogens is 236 g/mol. The molecule has 1 amide bonds. The third-order valence-corrected chi connectivity index (χ3v) is 3.34. The van der Waals surface area contributed by atoms with Crippen molar-refractivity contribution in [3.63, 3.8) is 0 Å². The van der Waals surface area contributed by atoms with Crippen LogP contribution in [0.2, 0.25) is 0 Å². The molecule has 1 aliphatic carbocycles. The predicted octanol–water partition coefficient (Wildman–Crippen LogP) is 2.43. The number of halogens is 1. The minimum absolute atomic E-state index is 0. The van der Waals surface area contributed by atoms with E-state index >= 15 is 0 Å². The maximum Gasteiger partial charge on any atom is 0.225 e. The molecule has 1 aliphatic rings. The Bertz CT molecular complexity index is 227. The average Bonchev–Trinajstić information content (AvgIpc) is 2.24. The molecule has 0 aliphatic heterocycles. The van der Waals surface area contributed by atoms with Crippen molar-refractivity contribution in [3.8, 4) is 0 Å². The second kappa shape index (κ2) is 7.93. The second-order valence-electron chi connectivity index (χ2n) is 5.39. The standard InChI is InChI=1S/C13H26N2O.ClH/c1-4-15(9-10(2)3)13(16)11-6-5-7-12(14)8-11;/h10-12H,4-9,14H2,1-3H3;1H. The first kappa shape index (κ1) is 16.7. The number of carbonyl (C=O) groups is 1. The topological polar surface area (TPSA) is 46.3 Å². The molecule has 2 atom stereocenters. The molecule has 102 valence electrons. The van der Waals surface area contributed by atoms with Crippen molar-refractivity contribution in [1.29, 1.82) is 0 Å². The molecule has 2 unspecified atom stereocenters. The molecule has 0 aromatic rings. The van der Waals surface area contributed by atoms with Gasteiger partial charge in [-0.25, -0.2) is 0 Å². The molecule has 0 bridgehead atoms. The van der Waals surface area contributed by atoms with E-state index in [2.05, 4.69) is 20.8 Å². The van der Waals surface area contributed by atoms with Crippen LogP contribution in [0, 0.1) is 11.8 Å². The average molecular weight is 263 g/mol. The van der Waals surface area contributed by atoms with Gasteiger partial charge in [0.05, 0.1) is 0 Å². The Morgan fingerprint density at radius 2 is 2.06 bits per heavy atom. The first-order valence-corrected chi connectivity index (χ1v) is 6.59. The fraction of sp³-hybridized carbons (Fsp3) is 0.923. The van der Waals surface area contributed by atoms with E-state index in [0.29, 0.717) is 11.8 Å². The fourth-order valence-corrected chi connectivity index (χ4v) is 2.53. The highest BCUT2D eigenvalue weighted by molar-refractivity contribution is 5.85. The number of hydrogen-bond donors (Lipinski definition) is 1. The fourth-order valence-electron chi connectivity index (χ4n) is 2.53. The lowest BCUT2D eigenvalue weighted by Gasteiger charge is -2.31. The molecule has 1 fully saturated rings. The quantitative estimate of drug-likeness (QED) is 0.846. The van der Waals surface area contributed by atoms with Crippen LogP contribution in [-0.2, 0) is 4.79 Å². The maximum absolute atomic E-state index is 12.3. The molecule has 0 aromatic carbocycles. The van der Waals surface area contributed by atoms with Gasteiger partial charge in [-0.15, -0.1) is 12.4 Å². The smallest absolute Gasteiger partial charge is 0.225 e. The van der Waals surface area contributed by atoms with E-state index in [-0.39, 0.29) is 24.4 Å². The van der Waals surface area contributed by atoms with E-state index in [1.807, 2.05) is 4.90 Å². The number of nitrogens with zero attached hydrogens (tertiary/aromatic N) is 1. The van der Waals surface area contributed by atoms with Crippen LogP contribution < -0.4 is 5.73 Å². The van der Waals surface area contributed by atoms with Crippen molar-refractivity contribution in [3.05, 3.63) is 0 Å². The second-order valence-corrected chi connectivity index (χ2v) is 5.39. The number of rotatable bonds is 4. The molecule has 17 heavy (non-hydrogen) atoms. The molecule has 0 aromatic heterocycles. The van der Waals surface area contributed by atoms with Gasteiger partial charge in [0.25, 0.3) is 0 Å². The van der Waals surface area contributed by atoms with Crippen molar-refractivity contribution < 1.29 is 4.79 Å². The van der Waals surface area contributed by atoms with Crippen LogP contribution in [0.3, 0.4) is 0 Å². The highest BCUT2D eigenvalue weighted by Crippen LogP contribution is 2.25. The Morgan fingerprint density at radius 1 is 1.41 bits per heavy atom. The molecule has 2 N–H and O–H groups in total. The monoisotopic (exact) mass is 262 g/mol. The zero-order valence-corrected chi connectivity index (χ0v) is 12.1. The molecule has 0 spiro atoms. The highest BCUT2D eigenvalue weighted by Gasteiger charge is 2.28. The zero-order valence-electron chi connectivity index (χ0n) is 11.3. The summed E-state index contributed by atoms with van der Waals surface area (Å²) in [6, 6.07) is 0.237. The lowest BCUT2D eigenvalue weighted by Crippen LogP contribution is -2.42. The summed E-state index contributed by atoms with van der Waals surface area (Å²) in [5.41, 5.74) is 5.94. The summed E-state index contributed by atoms with van der Waals surface area (Å²) in [6.45, 7) is 8.07. The number of nitrogens with two attached hydrogens (primary N) is 1. The van der Waals surface area contributed by atoms with Gasteiger partial charge in [0.2, 0.25) is 5.91 Å². The summed E-state index contributed by atoms with van der Waals surface area (Å²) in [7, 11) is 0. The Hall–Kier alpha value is -0.280. The van der Waals surface area contributed by atoms with Gasteiger partial charge in [0.15, 0.2) is 0 Å². The summed E-state index contributed by atoms with van der Waals surface area (Å²) < 4.78 is 0. The van der Waals surface area contributed by atoms with Gasteiger partial charge in [-0.3, -0.25) is 4.79 Å². The normalized spacial score (nSPS) is 24.3. The first-order valence-electron chi connectivity index (χ1n) is 6.59. The first-order chi connectivity index (χ1) is 7.54. The Kier molecular flexibility index (Phi) is 7.80. The van der Waals surface area contributed by atoms with E-state index in [0.717, 1.165) is 38.8 Å². The van der Waals surface area contributed by atoms with Gasteiger partial charge in [-0.1, -0.05) is 20.3 Å². The van der Waals surface area contributed by atoms with Crippen molar-refractivity contribution in [2.45, 2.75) is 52.5 Å². The molecule has 4 heteroatoms. The number of carbonyl (C=O) groups excluding carboxylic acids is 1. The molecular formula is C13H27ClN2O. The van der Waals surface area contributed by atoms with E-state index in [9.17, 15) is 4.79 Å². The van der Waals surface area contributed by atoms with Gasteiger partial charge >= 0.3 is 0 Å². The number of hydrogen-bond acceptors (Lipinski definition) is 2. The Balaban J connectivity index is 0.00000256. The summed E-state index contributed by atoms with van der Waals surface area (Å²) in [5, 5.41) is 0. The largest absolute Gasteiger partial charge is 0.342 e. The number of amides is 1. The molecule has 3 nitrogen and oxygen atoms in total. The van der Waals surface area contributed by atoms with Crippen LogP contribution in [0.5, 0.6) is 0 Å². The van der Waals surface area contributed by atoms with Crippen LogP contribution in [0.1, 0.15) is 46.5 Å². The minimum atomic E-state index is 0. The Morgan fingerprint density at radius 3 is 2.53 bits per heavy atom. The summed E-state index contributed by atoms with van der Waals surface area (Å²) in [4.78, 5) is 14.3. The molecule has 1 saturated carbocycles. The van der Waals surface area contributed by atoms with Gasteiger partial charge in [0, 0.05) is 25.0 Å².